The van der Waals surface area contributed by atoms with Gasteiger partial charge in [-0.25, -0.2) is 9.18 Å². The van der Waals surface area contributed by atoms with Gasteiger partial charge in [0, 0.05) is 28.2 Å². The molecule has 8 nitrogen and oxygen atoms in total. The van der Waals surface area contributed by atoms with Crippen LogP contribution in [-0.2, 0) is 11.3 Å². The van der Waals surface area contributed by atoms with Crippen molar-refractivity contribution < 1.29 is 36.6 Å². The molecular weight excluding hydrogens is 567 g/mol. The number of nitrogens with one attached hydrogen (secondary N) is 2. The lowest BCUT2D eigenvalue weighted by atomic mass is 10.2. The van der Waals surface area contributed by atoms with Gasteiger partial charge in [-0.1, -0.05) is 29.3 Å². The van der Waals surface area contributed by atoms with Gasteiger partial charge in [-0.05, 0) is 42.5 Å². The molecule has 0 fully saturated rings. The second-order valence-electron chi connectivity index (χ2n) is 7.94. The van der Waals surface area contributed by atoms with Crippen molar-refractivity contribution >= 4 is 51.7 Å². The van der Waals surface area contributed by atoms with Gasteiger partial charge in [0.1, 0.15) is 11.4 Å². The Hall–Kier alpha value is -4.47. The van der Waals surface area contributed by atoms with E-state index in [2.05, 4.69) is 15.0 Å². The van der Waals surface area contributed by atoms with Crippen LogP contribution in [0.4, 0.5) is 23.2 Å². The predicted molar refractivity (Wildman–Crippen MR) is 133 cm³/mol. The Balaban J connectivity index is 1.61. The highest BCUT2D eigenvalue weighted by atomic mass is 35.5. The van der Waals surface area contributed by atoms with Crippen molar-refractivity contribution in [1.82, 2.24) is 10.3 Å². The summed E-state index contributed by atoms with van der Waals surface area (Å²) in [5.41, 5.74) is 5.49. The Morgan fingerprint density at radius 3 is 2.51 bits per heavy atom. The van der Waals surface area contributed by atoms with Crippen molar-refractivity contribution in [3.05, 3.63) is 81.2 Å². The van der Waals surface area contributed by atoms with Gasteiger partial charge < -0.3 is 25.5 Å². The number of hydrogen-bond donors (Lipinski definition) is 3. The van der Waals surface area contributed by atoms with Crippen molar-refractivity contribution in [3.63, 3.8) is 0 Å². The van der Waals surface area contributed by atoms with Gasteiger partial charge in [0.25, 0.3) is 5.91 Å². The standard InChI is InChI=1S/C25H14Cl2F4N4O4/c26-13-5-11(9-32)6-15(7-13)38-22-17(27)3-1-12(19(22)28)10-34-23(36)20-21(39-24(37)25(29,30)31)16-8-14(33)2-4-18(16)35-20/h1-8,35H,10,33H2,(H,34,36). The Bertz CT molecular complexity index is 1660. The van der Waals surface area contributed by atoms with Crippen molar-refractivity contribution in [3.8, 4) is 23.3 Å². The lowest BCUT2D eigenvalue weighted by molar-refractivity contribution is -0.189. The van der Waals surface area contributed by atoms with Crippen LogP contribution >= 0.6 is 23.2 Å². The molecule has 3 aromatic carbocycles. The molecule has 0 spiro atoms. The highest BCUT2D eigenvalue weighted by molar-refractivity contribution is 6.32. The number of halogens is 6. The second-order valence-corrected chi connectivity index (χ2v) is 8.79. The van der Waals surface area contributed by atoms with Gasteiger partial charge in [0.15, 0.2) is 17.3 Å². The van der Waals surface area contributed by atoms with Gasteiger partial charge in [0.2, 0.25) is 0 Å². The van der Waals surface area contributed by atoms with E-state index in [0.717, 1.165) is 0 Å². The molecule has 0 atom stereocenters. The molecule has 0 saturated heterocycles. The molecule has 1 aromatic heterocycles. The maximum atomic E-state index is 15.3. The molecule has 1 amide bonds. The number of nitrogens with zero attached hydrogens (tertiary/aromatic N) is 1. The van der Waals surface area contributed by atoms with E-state index in [4.69, 9.17) is 38.9 Å². The number of aromatic amines is 1. The molecule has 1 heterocycles. The number of H-pyrrole nitrogens is 1. The molecule has 0 aliphatic heterocycles. The molecule has 0 radical (unpaired) electrons. The molecule has 0 aliphatic rings. The molecular formula is C25H14Cl2F4N4O4. The van der Waals surface area contributed by atoms with Crippen molar-refractivity contribution in [1.29, 1.82) is 5.26 Å². The van der Waals surface area contributed by atoms with Crippen LogP contribution in [0.3, 0.4) is 0 Å². The number of amides is 1. The summed E-state index contributed by atoms with van der Waals surface area (Å²) >= 11 is 12.0. The van der Waals surface area contributed by atoms with E-state index in [0.29, 0.717) is 0 Å². The number of ether oxygens (including phenoxy) is 2. The van der Waals surface area contributed by atoms with Gasteiger partial charge in [-0.3, -0.25) is 4.79 Å². The molecule has 39 heavy (non-hydrogen) atoms. The zero-order valence-electron chi connectivity index (χ0n) is 19.3. The van der Waals surface area contributed by atoms with E-state index in [1.165, 1.54) is 48.5 Å². The summed E-state index contributed by atoms with van der Waals surface area (Å²) in [6.07, 6.45) is -5.34. The number of aromatic nitrogens is 1. The van der Waals surface area contributed by atoms with Crippen molar-refractivity contribution in [2.75, 3.05) is 5.73 Å². The first kappa shape index (κ1) is 27.6. The molecule has 4 aromatic rings. The van der Waals surface area contributed by atoms with Crippen LogP contribution in [0.15, 0.2) is 48.5 Å². The predicted octanol–water partition coefficient (Wildman–Crippen LogP) is 6.26. The molecule has 0 saturated carbocycles. The van der Waals surface area contributed by atoms with Gasteiger partial charge in [0.05, 0.1) is 22.2 Å². The minimum absolute atomic E-state index is 0.0227. The van der Waals surface area contributed by atoms with Crippen LogP contribution in [0.1, 0.15) is 21.6 Å². The smallest absolute Gasteiger partial charge is 0.453 e. The normalized spacial score (nSPS) is 11.2. The second kappa shape index (κ2) is 10.7. The van der Waals surface area contributed by atoms with E-state index < -0.39 is 47.6 Å². The lowest BCUT2D eigenvalue weighted by Crippen LogP contribution is -2.29. The number of alkyl halides is 3. The zero-order chi connectivity index (χ0) is 28.5. The summed E-state index contributed by atoms with van der Waals surface area (Å²) in [6.45, 7) is -0.471. The van der Waals surface area contributed by atoms with E-state index in [9.17, 15) is 22.8 Å². The highest BCUT2D eigenvalue weighted by Crippen LogP contribution is 2.36. The summed E-state index contributed by atoms with van der Waals surface area (Å²) in [5.74, 6) is -5.63. The maximum Gasteiger partial charge on any atom is 0.491 e. The van der Waals surface area contributed by atoms with E-state index in [1.54, 1.807) is 0 Å². The first-order valence-corrected chi connectivity index (χ1v) is 11.5. The Morgan fingerprint density at radius 1 is 1.08 bits per heavy atom. The molecule has 14 heteroatoms. The van der Waals surface area contributed by atoms with Gasteiger partial charge in [-0.15, -0.1) is 0 Å². The number of esters is 1. The number of rotatable bonds is 6. The fourth-order valence-electron chi connectivity index (χ4n) is 3.47. The fraction of sp³-hybridized carbons (Fsp3) is 0.0800. The Kier molecular flexibility index (Phi) is 7.58. The minimum atomic E-state index is -5.34. The Labute approximate surface area is 226 Å². The summed E-state index contributed by atoms with van der Waals surface area (Å²) in [6, 6.07) is 12.4. The van der Waals surface area contributed by atoms with Gasteiger partial charge in [-0.2, -0.15) is 18.4 Å². The van der Waals surface area contributed by atoms with Crippen LogP contribution in [0, 0.1) is 17.1 Å². The molecule has 0 bridgehead atoms. The third-order valence-electron chi connectivity index (χ3n) is 5.22. The lowest BCUT2D eigenvalue weighted by Gasteiger charge is -2.13. The Morgan fingerprint density at radius 2 is 1.82 bits per heavy atom. The highest BCUT2D eigenvalue weighted by Gasteiger charge is 2.42. The molecule has 4 rings (SSSR count). The largest absolute Gasteiger partial charge is 0.491 e. The number of nitrogens with two attached hydrogens (primary N) is 1. The van der Waals surface area contributed by atoms with Gasteiger partial charge >= 0.3 is 12.1 Å². The summed E-state index contributed by atoms with van der Waals surface area (Å²) in [4.78, 5) is 27.0. The van der Waals surface area contributed by atoms with Crippen molar-refractivity contribution in [2.24, 2.45) is 0 Å². The van der Waals surface area contributed by atoms with E-state index in [1.807, 2.05) is 6.07 Å². The number of carbonyl (C=O) groups is 2. The molecule has 4 N–H and O–H groups in total. The monoisotopic (exact) mass is 580 g/mol. The average molecular weight is 581 g/mol. The number of carbonyl (C=O) groups excluding carboxylic acids is 2. The topological polar surface area (TPSA) is 130 Å². The quantitative estimate of drug-likeness (QED) is 0.140. The number of hydrogen-bond acceptors (Lipinski definition) is 6. The van der Waals surface area contributed by atoms with Crippen LogP contribution in [-0.4, -0.2) is 23.0 Å². The van der Waals surface area contributed by atoms with E-state index in [-0.39, 0.29) is 43.5 Å². The minimum Gasteiger partial charge on any atom is -0.453 e. The number of anilines is 1. The molecule has 0 aliphatic carbocycles. The van der Waals surface area contributed by atoms with Crippen LogP contribution in [0.5, 0.6) is 17.2 Å². The average Bonchev–Trinajstić information content (AvgIpc) is 3.22. The van der Waals surface area contributed by atoms with Crippen LogP contribution < -0.4 is 20.5 Å². The first-order chi connectivity index (χ1) is 18.4. The SMILES string of the molecule is N#Cc1cc(Cl)cc(Oc2c(Cl)ccc(CNC(=O)c3[nH]c4ccc(N)cc4c3OC(=O)C(F)(F)F)c2F)c1. The number of nitrogen functional groups attached to an aromatic ring is 1. The van der Waals surface area contributed by atoms with Crippen LogP contribution in [0.25, 0.3) is 10.9 Å². The summed E-state index contributed by atoms with van der Waals surface area (Å²) < 4.78 is 63.8. The fourth-order valence-corrected chi connectivity index (χ4v) is 3.88. The number of fused-ring (bicyclic) bond motifs is 1. The number of nitriles is 1. The van der Waals surface area contributed by atoms with Crippen molar-refractivity contribution in [2.45, 2.75) is 12.7 Å². The molecule has 0 unspecified atom stereocenters. The maximum absolute atomic E-state index is 15.3. The zero-order valence-corrected chi connectivity index (χ0v) is 20.8. The molecule has 200 valence electrons. The van der Waals surface area contributed by atoms with E-state index >= 15 is 4.39 Å². The van der Waals surface area contributed by atoms with Crippen LogP contribution in [0.2, 0.25) is 10.0 Å². The first-order valence-electron chi connectivity index (χ1n) is 10.7. The summed E-state index contributed by atoms with van der Waals surface area (Å²) in [7, 11) is 0. The summed E-state index contributed by atoms with van der Waals surface area (Å²) in [5, 5.41) is 11.4. The number of benzene rings is 3. The third kappa shape index (κ3) is 6.00. The third-order valence-corrected chi connectivity index (χ3v) is 5.73.